The van der Waals surface area contributed by atoms with Crippen LogP contribution in [0.4, 0.5) is 0 Å². The van der Waals surface area contributed by atoms with Gasteiger partial charge in [0, 0.05) is 24.0 Å². The Morgan fingerprint density at radius 3 is 2.85 bits per heavy atom. The van der Waals surface area contributed by atoms with Crippen LogP contribution in [0.3, 0.4) is 0 Å². The lowest BCUT2D eigenvalue weighted by Crippen LogP contribution is -1.85. The average molecular weight is 257 g/mol. The molecule has 3 aromatic rings. The third-order valence-electron chi connectivity index (χ3n) is 3.06. The molecule has 1 aromatic carbocycles. The van der Waals surface area contributed by atoms with Crippen LogP contribution in [0.2, 0.25) is 0 Å². The molecule has 0 spiro atoms. The molecule has 0 aliphatic rings. The first-order valence-corrected chi connectivity index (χ1v) is 6.24. The summed E-state index contributed by atoms with van der Waals surface area (Å²) >= 11 is 0. The van der Waals surface area contributed by atoms with Crippen molar-refractivity contribution < 1.29 is 0 Å². The molecule has 20 heavy (non-hydrogen) atoms. The Kier molecular flexibility index (Phi) is 3.22. The number of rotatable bonds is 2. The van der Waals surface area contributed by atoms with Gasteiger partial charge >= 0.3 is 0 Å². The van der Waals surface area contributed by atoms with E-state index < -0.39 is 0 Å². The van der Waals surface area contributed by atoms with Gasteiger partial charge < -0.3 is 0 Å². The molecule has 0 aliphatic carbocycles. The van der Waals surface area contributed by atoms with E-state index in [9.17, 15) is 0 Å². The fourth-order valence-corrected chi connectivity index (χ4v) is 2.03. The predicted molar refractivity (Wildman–Crippen MR) is 79.6 cm³/mol. The molecule has 0 amide bonds. The molecule has 0 atom stereocenters. The molecule has 2 aromatic heterocycles. The zero-order valence-corrected chi connectivity index (χ0v) is 10.7. The van der Waals surface area contributed by atoms with Crippen molar-refractivity contribution in [2.45, 2.75) is 0 Å². The maximum atomic E-state index is 9.02. The lowest BCUT2D eigenvalue weighted by atomic mass is 10.1. The molecule has 3 rings (SSSR count). The maximum absolute atomic E-state index is 9.02. The lowest BCUT2D eigenvalue weighted by Gasteiger charge is -1.99. The number of hydrogen-bond donors (Lipinski definition) is 0. The van der Waals surface area contributed by atoms with Crippen LogP contribution in [0.15, 0.2) is 55.0 Å². The van der Waals surface area contributed by atoms with Gasteiger partial charge in [0.2, 0.25) is 0 Å². The van der Waals surface area contributed by atoms with Gasteiger partial charge in [-0.2, -0.15) is 5.26 Å². The third kappa shape index (κ3) is 2.40. The normalized spacial score (nSPS) is 10.8. The molecule has 0 N–H and O–H groups in total. The minimum atomic E-state index is 0.575. The van der Waals surface area contributed by atoms with E-state index in [1.165, 1.54) is 0 Å². The van der Waals surface area contributed by atoms with Crippen LogP contribution < -0.4 is 0 Å². The van der Waals surface area contributed by atoms with Gasteiger partial charge in [-0.3, -0.25) is 9.97 Å². The van der Waals surface area contributed by atoms with Crippen molar-refractivity contribution in [1.82, 2.24) is 9.97 Å². The molecular weight excluding hydrogens is 246 g/mol. The lowest BCUT2D eigenvalue weighted by molar-refractivity contribution is 1.27. The number of pyridine rings is 2. The number of fused-ring (bicyclic) bond motifs is 1. The Hall–Kier alpha value is -2.99. The molecular formula is C17H11N3. The number of nitriles is 1. The molecule has 0 bridgehead atoms. The minimum absolute atomic E-state index is 0.575. The van der Waals surface area contributed by atoms with Crippen LogP contribution in [-0.4, -0.2) is 9.97 Å². The molecule has 0 aliphatic heterocycles. The first kappa shape index (κ1) is 12.1. The summed E-state index contributed by atoms with van der Waals surface area (Å²) in [6, 6.07) is 13.8. The van der Waals surface area contributed by atoms with E-state index in [0.717, 1.165) is 16.3 Å². The second-order valence-corrected chi connectivity index (χ2v) is 4.36. The van der Waals surface area contributed by atoms with Crippen LogP contribution in [0, 0.1) is 11.3 Å². The van der Waals surface area contributed by atoms with Crippen molar-refractivity contribution in [2.75, 3.05) is 0 Å². The molecule has 0 saturated heterocycles. The summed E-state index contributed by atoms with van der Waals surface area (Å²) in [6.45, 7) is 0. The molecule has 3 heteroatoms. The Balaban J connectivity index is 1.96. The van der Waals surface area contributed by atoms with E-state index in [4.69, 9.17) is 5.26 Å². The smallest absolute Gasteiger partial charge is 0.101 e. The van der Waals surface area contributed by atoms with Gasteiger partial charge in [-0.1, -0.05) is 18.2 Å². The van der Waals surface area contributed by atoms with Gasteiger partial charge in [-0.25, -0.2) is 0 Å². The van der Waals surface area contributed by atoms with Crippen LogP contribution in [-0.2, 0) is 0 Å². The monoisotopic (exact) mass is 257 g/mol. The topological polar surface area (TPSA) is 49.6 Å². The van der Waals surface area contributed by atoms with E-state index in [0.29, 0.717) is 11.3 Å². The van der Waals surface area contributed by atoms with Crippen molar-refractivity contribution in [3.8, 4) is 6.07 Å². The fraction of sp³-hybridized carbons (Fsp3) is 0. The Bertz CT molecular complexity index is 829. The summed E-state index contributed by atoms with van der Waals surface area (Å²) < 4.78 is 0. The van der Waals surface area contributed by atoms with E-state index in [-0.39, 0.29) is 0 Å². The number of aromatic nitrogens is 2. The van der Waals surface area contributed by atoms with Crippen molar-refractivity contribution in [3.63, 3.8) is 0 Å². The largest absolute Gasteiger partial charge is 0.264 e. The highest BCUT2D eigenvalue weighted by Gasteiger charge is 1.98. The summed E-state index contributed by atoms with van der Waals surface area (Å²) in [5, 5.41) is 11.3. The van der Waals surface area contributed by atoms with Gasteiger partial charge in [0.15, 0.2) is 0 Å². The molecule has 0 radical (unpaired) electrons. The van der Waals surface area contributed by atoms with E-state index in [1.807, 2.05) is 30.5 Å². The molecule has 0 saturated carbocycles. The number of benzene rings is 1. The zero-order valence-electron chi connectivity index (χ0n) is 10.7. The summed E-state index contributed by atoms with van der Waals surface area (Å²) in [6.07, 6.45) is 9.12. The van der Waals surface area contributed by atoms with Crippen LogP contribution >= 0.6 is 0 Å². The van der Waals surface area contributed by atoms with Crippen molar-refractivity contribution >= 4 is 22.9 Å². The van der Waals surface area contributed by atoms with E-state index in [1.54, 1.807) is 24.5 Å². The Morgan fingerprint density at radius 1 is 1.00 bits per heavy atom. The summed E-state index contributed by atoms with van der Waals surface area (Å²) in [5.74, 6) is 0. The van der Waals surface area contributed by atoms with E-state index in [2.05, 4.69) is 28.2 Å². The van der Waals surface area contributed by atoms with Crippen LogP contribution in [0.25, 0.3) is 22.9 Å². The van der Waals surface area contributed by atoms with Crippen molar-refractivity contribution in [1.29, 1.82) is 5.26 Å². The van der Waals surface area contributed by atoms with Crippen LogP contribution in [0.5, 0.6) is 0 Å². The zero-order chi connectivity index (χ0) is 13.8. The third-order valence-corrected chi connectivity index (χ3v) is 3.06. The molecule has 94 valence electrons. The first-order chi connectivity index (χ1) is 9.86. The standard InChI is InChI=1S/C17H11N3/c18-11-15-2-1-8-20-17(15)6-4-13-3-5-14-7-9-19-12-16(14)10-13/h1-10,12H/b6-4+. The molecule has 3 nitrogen and oxygen atoms in total. The Morgan fingerprint density at radius 2 is 1.95 bits per heavy atom. The molecule has 0 fully saturated rings. The second-order valence-electron chi connectivity index (χ2n) is 4.36. The maximum Gasteiger partial charge on any atom is 0.101 e. The number of nitrogens with zero attached hydrogens (tertiary/aromatic N) is 3. The van der Waals surface area contributed by atoms with Gasteiger partial charge in [-0.15, -0.1) is 0 Å². The highest BCUT2D eigenvalue weighted by atomic mass is 14.7. The number of hydrogen-bond acceptors (Lipinski definition) is 3. The predicted octanol–water partition coefficient (Wildman–Crippen LogP) is 3.67. The second kappa shape index (κ2) is 5.33. The quantitative estimate of drug-likeness (QED) is 0.703. The Labute approximate surface area is 116 Å². The van der Waals surface area contributed by atoms with Gasteiger partial charge in [-0.05, 0) is 41.3 Å². The summed E-state index contributed by atoms with van der Waals surface area (Å²) in [5.41, 5.74) is 2.31. The summed E-state index contributed by atoms with van der Waals surface area (Å²) in [4.78, 5) is 8.33. The van der Waals surface area contributed by atoms with E-state index >= 15 is 0 Å². The fourth-order valence-electron chi connectivity index (χ4n) is 2.03. The average Bonchev–Trinajstić information content (AvgIpc) is 2.53. The van der Waals surface area contributed by atoms with Crippen molar-refractivity contribution in [2.24, 2.45) is 0 Å². The van der Waals surface area contributed by atoms with Crippen LogP contribution in [0.1, 0.15) is 16.8 Å². The first-order valence-electron chi connectivity index (χ1n) is 6.24. The van der Waals surface area contributed by atoms with Gasteiger partial charge in [0.25, 0.3) is 0 Å². The van der Waals surface area contributed by atoms with Gasteiger partial charge in [0.1, 0.15) is 6.07 Å². The van der Waals surface area contributed by atoms with Gasteiger partial charge in [0.05, 0.1) is 11.3 Å². The highest BCUT2D eigenvalue weighted by Crippen LogP contribution is 2.16. The molecule has 0 unspecified atom stereocenters. The highest BCUT2D eigenvalue weighted by molar-refractivity contribution is 5.85. The minimum Gasteiger partial charge on any atom is -0.264 e. The summed E-state index contributed by atoms with van der Waals surface area (Å²) in [7, 11) is 0. The molecule has 2 heterocycles. The van der Waals surface area contributed by atoms with Crippen molar-refractivity contribution in [3.05, 3.63) is 71.8 Å². The SMILES string of the molecule is N#Cc1cccnc1/C=C/c1ccc2ccncc2c1.